The molecule has 1 saturated carbocycles. The van der Waals surface area contributed by atoms with Crippen molar-refractivity contribution < 1.29 is 24.1 Å². The van der Waals surface area contributed by atoms with Crippen LogP contribution in [0.3, 0.4) is 0 Å². The smallest absolute Gasteiger partial charge is 0.291 e. The highest BCUT2D eigenvalue weighted by molar-refractivity contribution is 7.98. The molecule has 3 heterocycles. The van der Waals surface area contributed by atoms with Gasteiger partial charge in [0, 0.05) is 18.0 Å². The normalized spacial score (nSPS) is 33.7. The van der Waals surface area contributed by atoms with Crippen molar-refractivity contribution in [3.63, 3.8) is 0 Å². The highest BCUT2D eigenvalue weighted by Gasteiger charge is 2.74. The molecule has 29 heavy (non-hydrogen) atoms. The number of benzene rings is 1. The van der Waals surface area contributed by atoms with Gasteiger partial charge in [0.25, 0.3) is 5.91 Å². The first-order valence-corrected chi connectivity index (χ1v) is 11.7. The number of likely N-dealkylation sites (tertiary alicyclic amines) is 1. The maximum atomic E-state index is 14.1. The molecule has 1 aromatic carbocycles. The zero-order chi connectivity index (χ0) is 20.3. The minimum atomic E-state index is -1.26. The van der Waals surface area contributed by atoms with Crippen molar-refractivity contribution in [1.82, 2.24) is 4.90 Å². The average Bonchev–Trinajstić information content (AvgIpc) is 3.43. The van der Waals surface area contributed by atoms with Gasteiger partial charge in [0.05, 0.1) is 5.69 Å². The molecule has 8 heteroatoms. The summed E-state index contributed by atoms with van der Waals surface area (Å²) in [5.41, 5.74) is -0.222. The van der Waals surface area contributed by atoms with Gasteiger partial charge >= 0.3 is 0 Å². The van der Waals surface area contributed by atoms with Crippen LogP contribution in [0.5, 0.6) is 0 Å². The number of hydrogen-bond acceptors (Lipinski definition) is 4. The third-order valence-electron chi connectivity index (χ3n) is 7.21. The fourth-order valence-electron chi connectivity index (χ4n) is 6.00. The summed E-state index contributed by atoms with van der Waals surface area (Å²) in [6, 6.07) is 3.98. The number of nitrogens with one attached hydrogen (secondary N) is 1. The van der Waals surface area contributed by atoms with E-state index in [1.54, 1.807) is 17.8 Å². The minimum Gasteiger partial charge on any atom is -0.326 e. The van der Waals surface area contributed by atoms with Gasteiger partial charge in [-0.2, -0.15) is 11.8 Å². The van der Waals surface area contributed by atoms with Crippen molar-refractivity contribution >= 4 is 35.2 Å². The molecule has 1 spiro atoms. The number of quaternary nitrogens is 1. The molecular formula is C21H25FN3O3S+. The number of halogens is 1. The van der Waals surface area contributed by atoms with Gasteiger partial charge in [-0.05, 0) is 43.0 Å². The van der Waals surface area contributed by atoms with Crippen LogP contribution in [-0.2, 0) is 19.9 Å². The van der Waals surface area contributed by atoms with E-state index in [4.69, 9.17) is 0 Å². The third-order valence-corrected chi connectivity index (χ3v) is 7.85. The Bertz CT molecular complexity index is 903. The highest BCUT2D eigenvalue weighted by Crippen LogP contribution is 2.50. The predicted octanol–water partition coefficient (Wildman–Crippen LogP) is 1.22. The van der Waals surface area contributed by atoms with Gasteiger partial charge in [0.2, 0.25) is 17.4 Å². The van der Waals surface area contributed by atoms with Gasteiger partial charge in [-0.3, -0.25) is 19.3 Å². The Morgan fingerprint density at radius 3 is 2.72 bits per heavy atom. The number of nitrogens with two attached hydrogens (primary N) is 1. The van der Waals surface area contributed by atoms with Crippen LogP contribution in [0.2, 0.25) is 0 Å². The van der Waals surface area contributed by atoms with Crippen molar-refractivity contribution in [2.45, 2.75) is 49.7 Å². The van der Waals surface area contributed by atoms with Crippen LogP contribution in [-0.4, -0.2) is 46.7 Å². The summed E-state index contributed by atoms with van der Waals surface area (Å²) in [6.07, 6.45) is 6.42. The van der Waals surface area contributed by atoms with Crippen molar-refractivity contribution in [2.75, 3.05) is 17.3 Å². The summed E-state index contributed by atoms with van der Waals surface area (Å²) in [7, 11) is 0. The number of carbonyl (C=O) groups is 3. The number of hydrogen-bond donors (Lipinski definition) is 2. The van der Waals surface area contributed by atoms with Gasteiger partial charge in [-0.15, -0.1) is 0 Å². The largest absolute Gasteiger partial charge is 0.326 e. The second-order valence-electron chi connectivity index (χ2n) is 8.61. The Morgan fingerprint density at radius 1 is 1.24 bits per heavy atom. The van der Waals surface area contributed by atoms with E-state index in [0.29, 0.717) is 11.3 Å². The van der Waals surface area contributed by atoms with Gasteiger partial charge in [0.15, 0.2) is 0 Å². The number of amides is 3. The molecule has 3 N–H and O–H groups in total. The second-order valence-corrected chi connectivity index (χ2v) is 9.60. The molecule has 3 fully saturated rings. The van der Waals surface area contributed by atoms with Crippen LogP contribution in [0.25, 0.3) is 0 Å². The fourth-order valence-corrected chi connectivity index (χ4v) is 6.51. The molecule has 0 bridgehead atoms. The third kappa shape index (κ3) is 2.54. The van der Waals surface area contributed by atoms with Crippen LogP contribution in [0.15, 0.2) is 18.2 Å². The Kier molecular flexibility index (Phi) is 4.47. The monoisotopic (exact) mass is 418 g/mol. The molecule has 5 rings (SSSR count). The molecule has 0 radical (unpaired) electrons. The van der Waals surface area contributed by atoms with E-state index in [-0.39, 0.29) is 29.8 Å². The molecule has 3 aliphatic heterocycles. The molecule has 1 aliphatic carbocycles. The number of carbonyl (C=O) groups excluding carboxylic acids is 3. The molecule has 4 atom stereocenters. The Hall–Kier alpha value is -1.93. The zero-order valence-electron chi connectivity index (χ0n) is 16.3. The van der Waals surface area contributed by atoms with E-state index in [2.05, 4.69) is 5.32 Å². The molecule has 154 valence electrons. The molecule has 6 nitrogen and oxygen atoms in total. The molecule has 0 unspecified atom stereocenters. The van der Waals surface area contributed by atoms with Gasteiger partial charge < -0.3 is 10.6 Å². The summed E-state index contributed by atoms with van der Waals surface area (Å²) in [5.74, 6) is -1.61. The van der Waals surface area contributed by atoms with E-state index in [0.717, 1.165) is 37.9 Å². The second kappa shape index (κ2) is 6.80. The quantitative estimate of drug-likeness (QED) is 0.721. The molecule has 2 saturated heterocycles. The molecule has 1 aromatic rings. The first kappa shape index (κ1) is 19.1. The maximum Gasteiger partial charge on any atom is 0.291 e. The number of nitrogens with zero attached hydrogens (tertiary/aromatic N) is 1. The van der Waals surface area contributed by atoms with Crippen molar-refractivity contribution in [3.05, 3.63) is 29.6 Å². The van der Waals surface area contributed by atoms with Crippen LogP contribution in [0.1, 0.15) is 37.7 Å². The average molecular weight is 419 g/mol. The first-order chi connectivity index (χ1) is 14.0. The van der Waals surface area contributed by atoms with Gasteiger partial charge in [-0.1, -0.05) is 12.8 Å². The minimum absolute atomic E-state index is 0.0599. The fraction of sp³-hybridized carbons (Fsp3) is 0.571. The van der Waals surface area contributed by atoms with Gasteiger partial charge in [-0.25, -0.2) is 4.39 Å². The number of thioether (sulfide) groups is 1. The lowest BCUT2D eigenvalue weighted by Crippen LogP contribution is -2.99. The maximum absolute atomic E-state index is 14.1. The predicted molar refractivity (Wildman–Crippen MR) is 107 cm³/mol. The van der Waals surface area contributed by atoms with Crippen molar-refractivity contribution in [3.8, 4) is 0 Å². The Labute approximate surface area is 173 Å². The lowest BCUT2D eigenvalue weighted by Gasteiger charge is -2.28. The molecule has 3 amide bonds. The lowest BCUT2D eigenvalue weighted by molar-refractivity contribution is -0.733. The summed E-state index contributed by atoms with van der Waals surface area (Å²) < 4.78 is 14.1. The Balaban J connectivity index is 1.63. The number of rotatable bonds is 4. The van der Waals surface area contributed by atoms with E-state index in [1.807, 2.05) is 11.6 Å². The summed E-state index contributed by atoms with van der Waals surface area (Å²) in [4.78, 5) is 41.8. The topological polar surface area (TPSA) is 83.1 Å². The van der Waals surface area contributed by atoms with E-state index >= 15 is 0 Å². The van der Waals surface area contributed by atoms with Crippen LogP contribution in [0, 0.1) is 17.7 Å². The van der Waals surface area contributed by atoms with Gasteiger partial charge in [0.1, 0.15) is 23.7 Å². The van der Waals surface area contributed by atoms with E-state index < -0.39 is 23.2 Å². The number of anilines is 1. The SMILES string of the molecule is CSCC[C@@H]1[NH2+][C@]2(C(=O)Nc3ccc(F)cc32)[C@@H]2C(=O)N(C3CCCC3)C(=O)[C@H]12. The van der Waals surface area contributed by atoms with E-state index in [1.165, 1.54) is 17.0 Å². The lowest BCUT2D eigenvalue weighted by atomic mass is 9.76. The molecule has 4 aliphatic rings. The highest BCUT2D eigenvalue weighted by atomic mass is 32.2. The number of imide groups is 1. The van der Waals surface area contributed by atoms with E-state index in [9.17, 15) is 18.8 Å². The van der Waals surface area contributed by atoms with Crippen LogP contribution >= 0.6 is 11.8 Å². The summed E-state index contributed by atoms with van der Waals surface area (Å²) >= 11 is 1.68. The summed E-state index contributed by atoms with van der Waals surface area (Å²) in [6.45, 7) is 0. The van der Waals surface area contributed by atoms with Crippen molar-refractivity contribution in [1.29, 1.82) is 0 Å². The molecular weight excluding hydrogens is 393 g/mol. The van der Waals surface area contributed by atoms with Crippen molar-refractivity contribution in [2.24, 2.45) is 11.8 Å². The summed E-state index contributed by atoms with van der Waals surface area (Å²) in [5, 5.41) is 4.73. The zero-order valence-corrected chi connectivity index (χ0v) is 17.1. The number of fused-ring (bicyclic) bond motifs is 4. The first-order valence-electron chi connectivity index (χ1n) is 10.3. The van der Waals surface area contributed by atoms with Crippen LogP contribution in [0.4, 0.5) is 10.1 Å². The standard InChI is InChI=1S/C21H24FN3O3S/c1-29-9-8-15-16-17(19(27)25(18(16)26)12-4-2-3-5-12)21(24-15)13-10-11(22)6-7-14(13)23-20(21)28/h6-7,10,12,15-17,24H,2-5,8-9H2,1H3,(H,23,28)/p+1/t15-,16+,17-,21-/m0/s1. The molecule has 0 aromatic heterocycles. The van der Waals surface area contributed by atoms with Crippen LogP contribution < -0.4 is 10.6 Å². The Morgan fingerprint density at radius 2 is 2.00 bits per heavy atom.